The summed E-state index contributed by atoms with van der Waals surface area (Å²) in [5, 5.41) is 3.30. The van der Waals surface area contributed by atoms with Crippen LogP contribution >= 0.6 is 0 Å². The fourth-order valence-corrected chi connectivity index (χ4v) is 1.77. The van der Waals surface area contributed by atoms with Gasteiger partial charge in [0.15, 0.2) is 0 Å². The monoisotopic (exact) mass is 177 g/mol. The first kappa shape index (κ1) is 8.51. The van der Waals surface area contributed by atoms with Crippen LogP contribution in [0.3, 0.4) is 0 Å². The quantitative estimate of drug-likeness (QED) is 0.727. The van der Waals surface area contributed by atoms with Crippen LogP contribution in [0.1, 0.15) is 6.42 Å². The number of nitrogens with zero attached hydrogens (tertiary/aromatic N) is 2. The summed E-state index contributed by atoms with van der Waals surface area (Å²) < 4.78 is 0. The van der Waals surface area contributed by atoms with Gasteiger partial charge in [-0.1, -0.05) is 0 Å². The summed E-state index contributed by atoms with van der Waals surface area (Å²) in [5.41, 5.74) is 1.24. The molecule has 2 heterocycles. The third-order valence-electron chi connectivity index (χ3n) is 2.61. The number of nitrogens with one attached hydrogen (secondary N) is 1. The molecular formula is C10H15N3. The fraction of sp³-hybridized carbons (Fsp3) is 0.500. The van der Waals surface area contributed by atoms with E-state index in [0.29, 0.717) is 6.04 Å². The Morgan fingerprint density at radius 3 is 3.15 bits per heavy atom. The summed E-state index contributed by atoms with van der Waals surface area (Å²) in [7, 11) is 2.03. The minimum atomic E-state index is 0.639. The molecule has 0 spiro atoms. The molecule has 0 amide bonds. The summed E-state index contributed by atoms with van der Waals surface area (Å²) in [6, 6.07) is 4.74. The Labute approximate surface area is 78.8 Å². The molecule has 0 unspecified atom stereocenters. The third-order valence-corrected chi connectivity index (χ3v) is 2.61. The first-order valence-corrected chi connectivity index (χ1v) is 4.72. The van der Waals surface area contributed by atoms with E-state index in [0.717, 1.165) is 13.1 Å². The van der Waals surface area contributed by atoms with E-state index >= 15 is 0 Å². The maximum absolute atomic E-state index is 4.12. The Hall–Kier alpha value is -1.09. The van der Waals surface area contributed by atoms with Crippen molar-refractivity contribution in [1.82, 2.24) is 10.3 Å². The van der Waals surface area contributed by atoms with Crippen molar-refractivity contribution in [2.45, 2.75) is 12.5 Å². The first-order valence-electron chi connectivity index (χ1n) is 4.72. The zero-order chi connectivity index (χ0) is 9.10. The number of likely N-dealkylation sites (N-methyl/N-ethyl adjacent to an activating group) is 1. The maximum atomic E-state index is 4.12. The van der Waals surface area contributed by atoms with Crippen LogP contribution in [0, 0.1) is 0 Å². The van der Waals surface area contributed by atoms with E-state index in [9.17, 15) is 0 Å². The lowest BCUT2D eigenvalue weighted by molar-refractivity contribution is 0.617. The van der Waals surface area contributed by atoms with Crippen LogP contribution in [0.4, 0.5) is 5.69 Å². The van der Waals surface area contributed by atoms with Crippen LogP contribution in [0.2, 0.25) is 0 Å². The van der Waals surface area contributed by atoms with Crippen LogP contribution < -0.4 is 10.2 Å². The van der Waals surface area contributed by atoms with Gasteiger partial charge in [-0.15, -0.1) is 0 Å². The lowest BCUT2D eigenvalue weighted by Crippen LogP contribution is -2.29. The molecule has 3 nitrogen and oxygen atoms in total. The van der Waals surface area contributed by atoms with Crippen LogP contribution in [-0.4, -0.2) is 31.2 Å². The summed E-state index contributed by atoms with van der Waals surface area (Å²) in [5.74, 6) is 0. The number of pyridine rings is 1. The molecule has 0 radical (unpaired) electrons. The third kappa shape index (κ3) is 1.80. The Balaban J connectivity index is 2.04. The van der Waals surface area contributed by atoms with Gasteiger partial charge in [0.1, 0.15) is 0 Å². The van der Waals surface area contributed by atoms with Crippen molar-refractivity contribution in [3.05, 3.63) is 24.5 Å². The number of rotatable bonds is 2. The standard InChI is InChI=1S/C10H15N3/c1-11-9-4-6-13(8-9)10-3-2-5-12-7-10/h2-3,5,7,9,11H,4,6,8H2,1H3/t9-/m1/s1. The van der Waals surface area contributed by atoms with Crippen molar-refractivity contribution >= 4 is 5.69 Å². The number of hydrogen-bond acceptors (Lipinski definition) is 3. The van der Waals surface area contributed by atoms with E-state index in [4.69, 9.17) is 0 Å². The Bertz CT molecular complexity index is 260. The highest BCUT2D eigenvalue weighted by molar-refractivity contribution is 5.44. The second kappa shape index (κ2) is 3.75. The van der Waals surface area contributed by atoms with Crippen LogP contribution in [0.5, 0.6) is 0 Å². The molecule has 1 aliphatic rings. The predicted octanol–water partition coefficient (Wildman–Crippen LogP) is 0.880. The molecule has 70 valence electrons. The largest absolute Gasteiger partial charge is 0.369 e. The topological polar surface area (TPSA) is 28.2 Å². The van der Waals surface area contributed by atoms with Crippen LogP contribution in [-0.2, 0) is 0 Å². The van der Waals surface area contributed by atoms with E-state index in [-0.39, 0.29) is 0 Å². The average Bonchev–Trinajstić information content (AvgIpc) is 2.67. The van der Waals surface area contributed by atoms with Gasteiger partial charge in [-0.2, -0.15) is 0 Å². The molecule has 1 aromatic rings. The molecule has 0 aliphatic carbocycles. The summed E-state index contributed by atoms with van der Waals surface area (Å²) >= 11 is 0. The maximum Gasteiger partial charge on any atom is 0.0553 e. The molecule has 2 rings (SSSR count). The fourth-order valence-electron chi connectivity index (χ4n) is 1.77. The zero-order valence-electron chi connectivity index (χ0n) is 7.90. The Morgan fingerprint density at radius 2 is 2.54 bits per heavy atom. The molecule has 3 heteroatoms. The van der Waals surface area contributed by atoms with Gasteiger partial charge in [0.2, 0.25) is 0 Å². The molecular weight excluding hydrogens is 162 g/mol. The van der Waals surface area contributed by atoms with E-state index in [1.54, 1.807) is 0 Å². The molecule has 1 aromatic heterocycles. The Morgan fingerprint density at radius 1 is 1.62 bits per heavy atom. The second-order valence-corrected chi connectivity index (χ2v) is 3.43. The molecule has 1 N–H and O–H groups in total. The van der Waals surface area contributed by atoms with Crippen molar-refractivity contribution in [1.29, 1.82) is 0 Å². The molecule has 1 saturated heterocycles. The molecule has 13 heavy (non-hydrogen) atoms. The smallest absolute Gasteiger partial charge is 0.0553 e. The number of hydrogen-bond donors (Lipinski definition) is 1. The van der Waals surface area contributed by atoms with Gasteiger partial charge in [0.05, 0.1) is 11.9 Å². The van der Waals surface area contributed by atoms with Crippen molar-refractivity contribution in [3.63, 3.8) is 0 Å². The lowest BCUT2D eigenvalue weighted by Gasteiger charge is -2.17. The average molecular weight is 177 g/mol. The van der Waals surface area contributed by atoms with Crippen LogP contribution in [0.25, 0.3) is 0 Å². The lowest BCUT2D eigenvalue weighted by atomic mass is 10.3. The van der Waals surface area contributed by atoms with Gasteiger partial charge in [-0.25, -0.2) is 0 Å². The van der Waals surface area contributed by atoms with Crippen molar-refractivity contribution in [2.24, 2.45) is 0 Å². The van der Waals surface area contributed by atoms with Crippen molar-refractivity contribution in [2.75, 3.05) is 25.0 Å². The highest BCUT2D eigenvalue weighted by atomic mass is 15.2. The minimum absolute atomic E-state index is 0.639. The SMILES string of the molecule is CN[C@@H]1CCN(c2cccnc2)C1. The Kier molecular flexibility index (Phi) is 2.45. The van der Waals surface area contributed by atoms with Crippen molar-refractivity contribution in [3.8, 4) is 0 Å². The van der Waals surface area contributed by atoms with Gasteiger partial charge in [-0.05, 0) is 25.6 Å². The summed E-state index contributed by atoms with van der Waals surface area (Å²) in [6.45, 7) is 2.24. The highest BCUT2D eigenvalue weighted by Gasteiger charge is 2.20. The summed E-state index contributed by atoms with van der Waals surface area (Å²) in [6.07, 6.45) is 4.97. The van der Waals surface area contributed by atoms with E-state index in [1.807, 2.05) is 25.5 Å². The first-order chi connectivity index (χ1) is 6.40. The van der Waals surface area contributed by atoms with Gasteiger partial charge >= 0.3 is 0 Å². The van der Waals surface area contributed by atoms with Crippen LogP contribution in [0.15, 0.2) is 24.5 Å². The molecule has 0 bridgehead atoms. The van der Waals surface area contributed by atoms with E-state index < -0.39 is 0 Å². The molecule has 0 aromatic carbocycles. The molecule has 1 aliphatic heterocycles. The molecule has 1 fully saturated rings. The molecule has 1 atom stereocenters. The minimum Gasteiger partial charge on any atom is -0.369 e. The van der Waals surface area contributed by atoms with Gasteiger partial charge < -0.3 is 10.2 Å². The van der Waals surface area contributed by atoms with Gasteiger partial charge in [0, 0.05) is 25.3 Å². The van der Waals surface area contributed by atoms with E-state index in [1.165, 1.54) is 12.1 Å². The number of aromatic nitrogens is 1. The van der Waals surface area contributed by atoms with E-state index in [2.05, 4.69) is 21.3 Å². The zero-order valence-corrected chi connectivity index (χ0v) is 7.90. The summed E-state index contributed by atoms with van der Waals surface area (Å²) in [4.78, 5) is 6.49. The number of anilines is 1. The van der Waals surface area contributed by atoms with Gasteiger partial charge in [0.25, 0.3) is 0 Å². The van der Waals surface area contributed by atoms with Crippen molar-refractivity contribution < 1.29 is 0 Å². The van der Waals surface area contributed by atoms with Gasteiger partial charge in [-0.3, -0.25) is 4.98 Å². The normalized spacial score (nSPS) is 22.2. The molecule has 0 saturated carbocycles. The predicted molar refractivity (Wildman–Crippen MR) is 53.9 cm³/mol. The second-order valence-electron chi connectivity index (χ2n) is 3.43. The highest BCUT2D eigenvalue weighted by Crippen LogP contribution is 2.18.